The lowest BCUT2D eigenvalue weighted by Crippen LogP contribution is -2.61. The summed E-state index contributed by atoms with van der Waals surface area (Å²) in [6, 6.07) is -11.6. The molecule has 0 aliphatic rings. The number of hydrogen-bond donors (Lipinski definition) is 15. The normalized spacial score (nSPS) is 15.4. The van der Waals surface area contributed by atoms with E-state index in [1.54, 1.807) is 0 Å². The summed E-state index contributed by atoms with van der Waals surface area (Å²) < 4.78 is 0. The molecule has 0 spiro atoms. The number of hydrogen-bond acceptors (Lipinski definition) is 15. The summed E-state index contributed by atoms with van der Waals surface area (Å²) in [5, 5.41) is 50.9. The fourth-order valence-electron chi connectivity index (χ4n) is 3.98. The number of carboxylic acids is 2. The van der Waals surface area contributed by atoms with Gasteiger partial charge in [0.15, 0.2) is 0 Å². The Bertz CT molecular complexity index is 1340. The van der Waals surface area contributed by atoms with Crippen molar-refractivity contribution in [2.75, 3.05) is 18.1 Å². The van der Waals surface area contributed by atoms with Gasteiger partial charge in [-0.05, 0) is 19.8 Å². The fraction of sp³-hybridized carbons (Fsp3) is 0.630. The predicted octanol–water partition coefficient (Wildman–Crippen LogP) is -7.45. The molecule has 0 rings (SSSR count). The number of aliphatic carboxylic acids is 2. The molecule has 8 atom stereocenters. The number of aliphatic hydroxyl groups is 2. The number of thiol groups is 2. The third-order valence-corrected chi connectivity index (χ3v) is 7.60. The second kappa shape index (κ2) is 23.7. The molecule has 0 saturated carbocycles. The number of nitrogens with two attached hydrogens (primary N) is 3. The van der Waals surface area contributed by atoms with Gasteiger partial charge in [-0.25, -0.2) is 4.79 Å². The summed E-state index contributed by atoms with van der Waals surface area (Å²) in [6.45, 7) is 0.0175. The molecule has 8 amide bonds. The Kier molecular flexibility index (Phi) is 21.5. The van der Waals surface area contributed by atoms with Crippen molar-refractivity contribution in [3.63, 3.8) is 0 Å². The maximum Gasteiger partial charge on any atom is 0.327 e. The van der Waals surface area contributed by atoms with Gasteiger partial charge >= 0.3 is 11.9 Å². The number of amides is 8. The second-order valence-electron chi connectivity index (χ2n) is 11.1. The van der Waals surface area contributed by atoms with Crippen LogP contribution in [-0.2, 0) is 47.9 Å². The monoisotopic (exact) mass is 783 g/mol. The molecule has 0 aromatic heterocycles. The zero-order valence-corrected chi connectivity index (χ0v) is 29.6. The average Bonchev–Trinajstić information content (AvgIpc) is 3.06. The van der Waals surface area contributed by atoms with Gasteiger partial charge in [0.25, 0.3) is 0 Å². The van der Waals surface area contributed by atoms with Crippen LogP contribution in [0.1, 0.15) is 39.0 Å². The van der Waals surface area contributed by atoms with E-state index >= 15 is 0 Å². The fourth-order valence-corrected chi connectivity index (χ4v) is 4.39. The highest BCUT2D eigenvalue weighted by Crippen LogP contribution is 2.06. The van der Waals surface area contributed by atoms with E-state index in [2.05, 4.69) is 51.8 Å². The van der Waals surface area contributed by atoms with Crippen molar-refractivity contribution in [1.29, 1.82) is 0 Å². The Balaban J connectivity index is 6.23. The smallest absolute Gasteiger partial charge is 0.327 e. The number of primary amides is 2. The highest BCUT2D eigenvalue weighted by molar-refractivity contribution is 7.80. The zero-order valence-electron chi connectivity index (χ0n) is 27.8. The van der Waals surface area contributed by atoms with Crippen LogP contribution in [0.15, 0.2) is 0 Å². The van der Waals surface area contributed by atoms with Crippen LogP contribution in [0.2, 0.25) is 0 Å². The summed E-state index contributed by atoms with van der Waals surface area (Å²) in [5.74, 6) is -12.5. The van der Waals surface area contributed by atoms with Gasteiger partial charge in [-0.1, -0.05) is 0 Å². The van der Waals surface area contributed by atoms with Crippen molar-refractivity contribution >= 4 is 84.5 Å². The summed E-state index contributed by atoms with van der Waals surface area (Å²) in [5.41, 5.74) is 15.9. The molecule has 23 nitrogen and oxygen atoms in total. The van der Waals surface area contributed by atoms with Crippen LogP contribution in [0.5, 0.6) is 0 Å². The van der Waals surface area contributed by atoms with Gasteiger partial charge in [0.05, 0.1) is 25.2 Å². The van der Waals surface area contributed by atoms with Gasteiger partial charge in [-0.3, -0.25) is 43.2 Å². The molecule has 294 valence electrons. The lowest BCUT2D eigenvalue weighted by atomic mass is 10.1. The quantitative estimate of drug-likeness (QED) is 0.0383. The molecule has 16 N–H and O–H groups in total. The minimum absolute atomic E-state index is 0.126. The second-order valence-corrected chi connectivity index (χ2v) is 11.9. The highest BCUT2D eigenvalue weighted by atomic mass is 32.1. The minimum atomic E-state index is -1.85. The molecule has 0 aromatic carbocycles. The van der Waals surface area contributed by atoms with Crippen molar-refractivity contribution in [2.45, 2.75) is 87.4 Å². The average molecular weight is 784 g/mol. The van der Waals surface area contributed by atoms with Gasteiger partial charge in [0.2, 0.25) is 47.3 Å². The van der Waals surface area contributed by atoms with E-state index in [0.717, 1.165) is 6.92 Å². The lowest BCUT2D eigenvalue weighted by Gasteiger charge is -2.27. The number of carboxylic acid groups (broad SMARTS) is 2. The van der Waals surface area contributed by atoms with Crippen molar-refractivity contribution < 1.29 is 68.4 Å². The minimum Gasteiger partial charge on any atom is -0.481 e. The van der Waals surface area contributed by atoms with Crippen molar-refractivity contribution in [1.82, 2.24) is 31.9 Å². The zero-order chi connectivity index (χ0) is 40.3. The molecule has 0 fully saturated rings. The van der Waals surface area contributed by atoms with E-state index in [9.17, 15) is 68.4 Å². The van der Waals surface area contributed by atoms with Gasteiger partial charge in [-0.15, -0.1) is 0 Å². The number of rotatable bonds is 25. The van der Waals surface area contributed by atoms with E-state index < -0.39 is 146 Å². The van der Waals surface area contributed by atoms with E-state index in [0.29, 0.717) is 0 Å². The van der Waals surface area contributed by atoms with Crippen LogP contribution in [0, 0.1) is 0 Å². The highest BCUT2D eigenvalue weighted by Gasteiger charge is 2.35. The molecule has 52 heavy (non-hydrogen) atoms. The molecule has 0 aliphatic carbocycles. The maximum absolute atomic E-state index is 13.4. The van der Waals surface area contributed by atoms with Crippen molar-refractivity contribution in [3.8, 4) is 0 Å². The van der Waals surface area contributed by atoms with Gasteiger partial charge in [0, 0.05) is 24.3 Å². The molecule has 0 bridgehead atoms. The molecule has 0 heterocycles. The Morgan fingerprint density at radius 1 is 0.596 bits per heavy atom. The van der Waals surface area contributed by atoms with E-state index in [4.69, 9.17) is 17.2 Å². The van der Waals surface area contributed by atoms with Crippen molar-refractivity contribution in [3.05, 3.63) is 0 Å². The number of aliphatic hydroxyl groups excluding tert-OH is 2. The van der Waals surface area contributed by atoms with Crippen LogP contribution in [0.4, 0.5) is 0 Å². The summed E-state index contributed by atoms with van der Waals surface area (Å²) in [6.07, 6.45) is -4.85. The van der Waals surface area contributed by atoms with Crippen LogP contribution in [-0.4, -0.2) is 146 Å². The Morgan fingerprint density at radius 2 is 1.04 bits per heavy atom. The van der Waals surface area contributed by atoms with Crippen LogP contribution in [0.3, 0.4) is 0 Å². The third kappa shape index (κ3) is 17.5. The summed E-state index contributed by atoms with van der Waals surface area (Å²) >= 11 is 7.67. The van der Waals surface area contributed by atoms with Gasteiger partial charge in [0.1, 0.15) is 36.3 Å². The molecule has 0 radical (unpaired) electrons. The largest absolute Gasteiger partial charge is 0.481 e. The van der Waals surface area contributed by atoms with Gasteiger partial charge in [-0.2, -0.15) is 25.3 Å². The Morgan fingerprint density at radius 3 is 1.44 bits per heavy atom. The first-order valence-corrected chi connectivity index (χ1v) is 16.5. The van der Waals surface area contributed by atoms with Crippen LogP contribution in [0.25, 0.3) is 0 Å². The van der Waals surface area contributed by atoms with E-state index in [-0.39, 0.29) is 11.5 Å². The number of carbonyl (C=O) groups excluding carboxylic acids is 8. The summed E-state index contributed by atoms with van der Waals surface area (Å²) in [7, 11) is 0. The molecule has 0 unspecified atom stereocenters. The first-order valence-electron chi connectivity index (χ1n) is 15.3. The topological polar surface area (TPSA) is 402 Å². The first-order chi connectivity index (χ1) is 24.2. The SMILES string of the molecule is C[C@@H](O)[C@H](NC(=O)[C@@H](N)CS)C(=O)N[C@@H](CO)C(=O)N[C@@H](CCC(=O)O)C(=O)N[C@@H](CCC(N)=O)C(=O)N[C@@H](CC(N)=O)C(=O)N[C@@H](CS)C(=O)O. The Hall–Kier alpha value is -4.72. The number of carbonyl (C=O) groups is 10. The summed E-state index contributed by atoms with van der Waals surface area (Å²) in [4.78, 5) is 123. The van der Waals surface area contributed by atoms with Gasteiger partial charge < -0.3 is 69.5 Å². The maximum atomic E-state index is 13.4. The predicted molar refractivity (Wildman–Crippen MR) is 183 cm³/mol. The molecular weight excluding hydrogens is 738 g/mol. The standard InChI is InChI=1S/C27H45N9O14S2/c1-10(38)20(36-21(43)11(28)8-51)26(48)34-15(7-37)25(47)32-13(3-5-19(41)42)22(44)31-12(2-4-17(29)39)23(45)33-14(6-18(30)40)24(46)35-16(9-52)27(49)50/h10-16,20,37-38,51-52H,2-9,28H2,1H3,(H2,29,39)(H2,30,40)(H,31,44)(H,32,47)(H,33,45)(H,34,48)(H,35,46)(H,36,43)(H,41,42)(H,49,50)/t10-,11+,12+,13+,14+,15+,16+,20+/m1/s1. The van der Waals surface area contributed by atoms with E-state index in [1.807, 2.05) is 5.32 Å². The van der Waals surface area contributed by atoms with Crippen molar-refractivity contribution in [2.24, 2.45) is 17.2 Å². The van der Waals surface area contributed by atoms with Crippen LogP contribution >= 0.6 is 25.3 Å². The third-order valence-electron chi connectivity index (χ3n) is 6.84. The van der Waals surface area contributed by atoms with Crippen LogP contribution < -0.4 is 49.1 Å². The number of nitrogens with one attached hydrogen (secondary N) is 6. The molecular formula is C27H45N9O14S2. The first kappa shape index (κ1) is 47.3. The Labute approximate surface area is 307 Å². The molecule has 25 heteroatoms. The molecule has 0 aromatic rings. The molecule has 0 aliphatic heterocycles. The molecule has 0 saturated heterocycles. The lowest BCUT2D eigenvalue weighted by molar-refractivity contribution is -0.142. The van der Waals surface area contributed by atoms with E-state index in [1.165, 1.54) is 0 Å².